The molecule has 0 saturated carbocycles. The maximum Gasteiger partial charge on any atom is 0.254 e. The number of likely N-dealkylation sites (tertiary alicyclic amines) is 1. The van der Waals surface area contributed by atoms with Crippen molar-refractivity contribution in [1.29, 1.82) is 0 Å². The van der Waals surface area contributed by atoms with Crippen LogP contribution in [-0.2, 0) is 4.74 Å². The van der Waals surface area contributed by atoms with Crippen LogP contribution in [0.15, 0.2) is 24.3 Å². The third kappa shape index (κ3) is 3.38. The van der Waals surface area contributed by atoms with Crippen LogP contribution < -0.4 is 0 Å². The van der Waals surface area contributed by atoms with Crippen molar-refractivity contribution in [2.45, 2.75) is 50.4 Å². The van der Waals surface area contributed by atoms with Crippen molar-refractivity contribution < 1.29 is 24.1 Å². The Balaban J connectivity index is 1.55. The standard InChI is InChI=1S/C21H25FN2O4/c1-13-9-16(15-10-14(22)3-4-17(15)23-13)19(26)24-7-5-21(6-8-24)12-20(2,27)18(25)11-28-21/h3-4,9-10,18,25,27H,5-8,11-12H2,1-2H3/t18-,20-/m0/s1. The van der Waals surface area contributed by atoms with Crippen LogP contribution in [0.2, 0.25) is 0 Å². The van der Waals surface area contributed by atoms with Crippen molar-refractivity contribution in [3.8, 4) is 0 Å². The zero-order valence-corrected chi connectivity index (χ0v) is 16.1. The van der Waals surface area contributed by atoms with Crippen molar-refractivity contribution in [2.24, 2.45) is 0 Å². The molecule has 28 heavy (non-hydrogen) atoms. The van der Waals surface area contributed by atoms with E-state index in [1.807, 2.05) is 6.92 Å². The minimum Gasteiger partial charge on any atom is -0.388 e. The number of ether oxygens (including phenoxy) is 1. The van der Waals surface area contributed by atoms with Crippen molar-refractivity contribution in [3.63, 3.8) is 0 Å². The molecule has 0 unspecified atom stereocenters. The van der Waals surface area contributed by atoms with E-state index in [4.69, 9.17) is 4.74 Å². The first kappa shape index (κ1) is 19.2. The fraction of sp³-hybridized carbons (Fsp3) is 0.524. The number of amides is 1. The summed E-state index contributed by atoms with van der Waals surface area (Å²) in [6.45, 7) is 4.48. The van der Waals surface area contributed by atoms with Crippen LogP contribution in [0.4, 0.5) is 4.39 Å². The summed E-state index contributed by atoms with van der Waals surface area (Å²) in [6, 6.07) is 5.98. The largest absolute Gasteiger partial charge is 0.388 e. The van der Waals surface area contributed by atoms with Crippen LogP contribution in [0.25, 0.3) is 10.9 Å². The van der Waals surface area contributed by atoms with Gasteiger partial charge in [0.05, 0.1) is 28.9 Å². The van der Waals surface area contributed by atoms with Crippen molar-refractivity contribution in [2.75, 3.05) is 19.7 Å². The van der Waals surface area contributed by atoms with E-state index in [2.05, 4.69) is 4.98 Å². The smallest absolute Gasteiger partial charge is 0.254 e. The maximum atomic E-state index is 13.8. The predicted molar refractivity (Wildman–Crippen MR) is 102 cm³/mol. The quantitative estimate of drug-likeness (QED) is 0.783. The van der Waals surface area contributed by atoms with E-state index in [0.29, 0.717) is 54.5 Å². The van der Waals surface area contributed by atoms with E-state index in [-0.39, 0.29) is 12.5 Å². The second-order valence-corrected chi connectivity index (χ2v) is 8.31. The molecule has 2 aliphatic heterocycles. The Morgan fingerprint density at radius 1 is 1.32 bits per heavy atom. The number of piperidine rings is 1. The van der Waals surface area contributed by atoms with Crippen LogP contribution in [0.1, 0.15) is 42.2 Å². The molecule has 4 rings (SSSR count). The minimum absolute atomic E-state index is 0.0917. The summed E-state index contributed by atoms with van der Waals surface area (Å²) in [4.78, 5) is 19.3. The fourth-order valence-electron chi connectivity index (χ4n) is 4.37. The molecule has 1 amide bonds. The van der Waals surface area contributed by atoms with Gasteiger partial charge in [0.2, 0.25) is 0 Å². The molecule has 2 N–H and O–H groups in total. The molecule has 2 aliphatic rings. The van der Waals surface area contributed by atoms with Gasteiger partial charge in [0, 0.05) is 30.6 Å². The molecule has 150 valence electrons. The van der Waals surface area contributed by atoms with Gasteiger partial charge in [-0.2, -0.15) is 0 Å². The highest BCUT2D eigenvalue weighted by Crippen LogP contribution is 2.40. The Kier molecular flexibility index (Phi) is 4.64. The van der Waals surface area contributed by atoms with Crippen LogP contribution >= 0.6 is 0 Å². The first-order valence-corrected chi connectivity index (χ1v) is 9.60. The molecule has 2 saturated heterocycles. The number of benzene rings is 1. The highest BCUT2D eigenvalue weighted by atomic mass is 19.1. The van der Waals surface area contributed by atoms with Gasteiger partial charge in [0.25, 0.3) is 5.91 Å². The van der Waals surface area contributed by atoms with Crippen LogP contribution in [0.3, 0.4) is 0 Å². The van der Waals surface area contributed by atoms with E-state index in [9.17, 15) is 19.4 Å². The molecule has 1 aromatic heterocycles. The van der Waals surface area contributed by atoms with Gasteiger partial charge in [-0.3, -0.25) is 9.78 Å². The number of aliphatic hydroxyl groups excluding tert-OH is 1. The SMILES string of the molecule is Cc1cc(C(=O)N2CCC3(CC2)C[C@](C)(O)[C@@H](O)CO3)c2cc(F)ccc2n1. The molecular weight excluding hydrogens is 363 g/mol. The molecule has 0 bridgehead atoms. The first-order chi connectivity index (χ1) is 13.2. The van der Waals surface area contributed by atoms with Crippen molar-refractivity contribution >= 4 is 16.8 Å². The Bertz CT molecular complexity index is 922. The van der Waals surface area contributed by atoms with Gasteiger partial charge in [-0.25, -0.2) is 4.39 Å². The van der Waals surface area contributed by atoms with E-state index in [1.54, 1.807) is 24.0 Å². The number of pyridine rings is 1. The summed E-state index contributed by atoms with van der Waals surface area (Å²) in [7, 11) is 0. The summed E-state index contributed by atoms with van der Waals surface area (Å²) >= 11 is 0. The molecule has 1 aromatic carbocycles. The van der Waals surface area contributed by atoms with Crippen molar-refractivity contribution in [1.82, 2.24) is 9.88 Å². The van der Waals surface area contributed by atoms with E-state index in [1.165, 1.54) is 12.1 Å². The average Bonchev–Trinajstić information content (AvgIpc) is 2.65. The Labute approximate surface area is 162 Å². The maximum absolute atomic E-state index is 13.8. The molecule has 3 heterocycles. The summed E-state index contributed by atoms with van der Waals surface area (Å²) in [5.41, 5.74) is 0.0303. The highest BCUT2D eigenvalue weighted by molar-refractivity contribution is 6.06. The average molecular weight is 388 g/mol. The number of rotatable bonds is 1. The number of aliphatic hydroxyl groups is 2. The van der Waals surface area contributed by atoms with E-state index in [0.717, 1.165) is 0 Å². The number of carbonyl (C=O) groups is 1. The molecule has 1 spiro atoms. The molecule has 7 heteroatoms. The summed E-state index contributed by atoms with van der Waals surface area (Å²) < 4.78 is 19.6. The highest BCUT2D eigenvalue weighted by Gasteiger charge is 2.49. The second-order valence-electron chi connectivity index (χ2n) is 8.31. The predicted octanol–water partition coefficient (Wildman–Crippen LogP) is 2.19. The Hall–Kier alpha value is -2.09. The van der Waals surface area contributed by atoms with Gasteiger partial charge >= 0.3 is 0 Å². The number of halogens is 1. The van der Waals surface area contributed by atoms with Crippen LogP contribution in [0, 0.1) is 12.7 Å². The van der Waals surface area contributed by atoms with Gasteiger partial charge in [0.15, 0.2) is 0 Å². The minimum atomic E-state index is -1.19. The Morgan fingerprint density at radius 3 is 2.71 bits per heavy atom. The number of nitrogens with zero attached hydrogens (tertiary/aromatic N) is 2. The van der Waals surface area contributed by atoms with Gasteiger partial charge in [-0.05, 0) is 51.0 Å². The second kappa shape index (κ2) is 6.76. The number of hydrogen-bond acceptors (Lipinski definition) is 5. The zero-order valence-electron chi connectivity index (χ0n) is 16.1. The Morgan fingerprint density at radius 2 is 2.04 bits per heavy atom. The molecule has 2 fully saturated rings. The summed E-state index contributed by atoms with van der Waals surface area (Å²) in [6.07, 6.45) is 0.598. The van der Waals surface area contributed by atoms with Crippen molar-refractivity contribution in [3.05, 3.63) is 41.3 Å². The summed E-state index contributed by atoms with van der Waals surface area (Å²) in [5, 5.41) is 20.9. The molecule has 6 nitrogen and oxygen atoms in total. The van der Waals surface area contributed by atoms with E-state index >= 15 is 0 Å². The lowest BCUT2D eigenvalue weighted by Gasteiger charge is -2.49. The lowest BCUT2D eigenvalue weighted by atomic mass is 9.76. The fourth-order valence-corrected chi connectivity index (χ4v) is 4.37. The number of aryl methyl sites for hydroxylation is 1. The van der Waals surface area contributed by atoms with Gasteiger partial charge in [0.1, 0.15) is 11.9 Å². The third-order valence-corrected chi connectivity index (χ3v) is 6.04. The number of aromatic nitrogens is 1. The molecule has 0 aliphatic carbocycles. The normalized spacial score (nSPS) is 27.3. The lowest BCUT2D eigenvalue weighted by molar-refractivity contribution is -0.221. The zero-order chi connectivity index (χ0) is 20.1. The summed E-state index contributed by atoms with van der Waals surface area (Å²) in [5.74, 6) is -0.556. The van der Waals surface area contributed by atoms with Crippen LogP contribution in [0.5, 0.6) is 0 Å². The molecule has 2 aromatic rings. The topological polar surface area (TPSA) is 82.9 Å². The molecular formula is C21H25FN2O4. The molecule has 2 atom stereocenters. The lowest BCUT2D eigenvalue weighted by Crippen LogP contribution is -2.59. The van der Waals surface area contributed by atoms with E-state index < -0.39 is 23.1 Å². The van der Waals surface area contributed by atoms with Gasteiger partial charge in [-0.15, -0.1) is 0 Å². The van der Waals surface area contributed by atoms with Gasteiger partial charge < -0.3 is 19.8 Å². The first-order valence-electron chi connectivity index (χ1n) is 9.60. The molecule has 0 radical (unpaired) electrons. The third-order valence-electron chi connectivity index (χ3n) is 6.04. The van der Waals surface area contributed by atoms with Crippen LogP contribution in [-0.4, -0.2) is 63.0 Å². The monoisotopic (exact) mass is 388 g/mol. The number of hydrogen-bond donors (Lipinski definition) is 2. The van der Waals surface area contributed by atoms with Gasteiger partial charge in [-0.1, -0.05) is 0 Å². The number of carbonyl (C=O) groups excluding carboxylic acids is 1. The number of fused-ring (bicyclic) bond motifs is 1.